The lowest BCUT2D eigenvalue weighted by Gasteiger charge is -2.16. The summed E-state index contributed by atoms with van der Waals surface area (Å²) >= 11 is 7.17. The monoisotopic (exact) mass is 420 g/mol. The van der Waals surface area contributed by atoms with Gasteiger partial charge in [-0.1, -0.05) is 6.42 Å². The van der Waals surface area contributed by atoms with Gasteiger partial charge in [-0.25, -0.2) is 4.79 Å². The summed E-state index contributed by atoms with van der Waals surface area (Å²) in [6.07, 6.45) is 7.44. The number of thiocarbonyl (C=S) groups is 1. The third-order valence-electron chi connectivity index (χ3n) is 5.16. The van der Waals surface area contributed by atoms with Gasteiger partial charge >= 0.3 is 5.97 Å². The number of carbonyl (C=O) groups excluding carboxylic acids is 1. The van der Waals surface area contributed by atoms with Crippen LogP contribution in [0.4, 0.5) is 5.00 Å². The molecule has 1 atom stereocenters. The summed E-state index contributed by atoms with van der Waals surface area (Å²) in [5, 5.41) is 12.4. The van der Waals surface area contributed by atoms with E-state index in [1.54, 1.807) is 11.3 Å². The topological polar surface area (TPSA) is 68.2 Å². The minimum Gasteiger partial charge on any atom is -0.465 e. The van der Waals surface area contributed by atoms with E-state index < -0.39 is 0 Å². The maximum Gasteiger partial charge on any atom is 0.341 e. The molecule has 1 aliphatic rings. The van der Waals surface area contributed by atoms with Gasteiger partial charge in [0, 0.05) is 23.2 Å². The van der Waals surface area contributed by atoms with Crippen molar-refractivity contribution in [3.8, 4) is 0 Å². The quantitative estimate of drug-likeness (QED) is 0.425. The van der Waals surface area contributed by atoms with Crippen LogP contribution >= 0.6 is 23.6 Å². The number of thiophene rings is 1. The van der Waals surface area contributed by atoms with Gasteiger partial charge in [-0.15, -0.1) is 11.3 Å². The molecule has 3 rings (SSSR count). The zero-order valence-electron chi connectivity index (χ0n) is 16.9. The first-order valence-corrected chi connectivity index (χ1v) is 11.0. The van der Waals surface area contributed by atoms with E-state index in [0.717, 1.165) is 54.0 Å². The van der Waals surface area contributed by atoms with Crippen LogP contribution in [0.15, 0.2) is 6.20 Å². The van der Waals surface area contributed by atoms with E-state index in [1.807, 2.05) is 17.8 Å². The molecule has 0 radical (unpaired) electrons. The van der Waals surface area contributed by atoms with Crippen molar-refractivity contribution in [2.24, 2.45) is 0 Å². The van der Waals surface area contributed by atoms with Crippen LogP contribution in [-0.2, 0) is 24.1 Å². The fourth-order valence-corrected chi connectivity index (χ4v) is 5.31. The summed E-state index contributed by atoms with van der Waals surface area (Å²) in [4.78, 5) is 13.7. The molecule has 0 aromatic carbocycles. The average molecular weight is 421 g/mol. The second-order valence-electron chi connectivity index (χ2n) is 7.11. The van der Waals surface area contributed by atoms with Crippen molar-refractivity contribution in [3.05, 3.63) is 33.5 Å². The van der Waals surface area contributed by atoms with Crippen LogP contribution in [0.1, 0.15) is 71.2 Å². The Morgan fingerprint density at radius 2 is 2.14 bits per heavy atom. The number of carbonyl (C=O) groups is 1. The van der Waals surface area contributed by atoms with Crippen LogP contribution in [0.2, 0.25) is 0 Å². The molecule has 2 N–H and O–H groups in total. The third kappa shape index (κ3) is 4.38. The van der Waals surface area contributed by atoms with Gasteiger partial charge in [0.15, 0.2) is 5.11 Å². The van der Waals surface area contributed by atoms with Crippen LogP contribution in [0, 0.1) is 6.92 Å². The van der Waals surface area contributed by atoms with Gasteiger partial charge in [0.05, 0.1) is 24.4 Å². The highest BCUT2D eigenvalue weighted by atomic mass is 32.1. The number of anilines is 1. The normalized spacial score (nSPS) is 14.7. The first kappa shape index (κ1) is 20.8. The lowest BCUT2D eigenvalue weighted by molar-refractivity contribution is 0.0601. The smallest absolute Gasteiger partial charge is 0.341 e. The summed E-state index contributed by atoms with van der Waals surface area (Å²) in [6, 6.07) is 0.0136. The van der Waals surface area contributed by atoms with Crippen molar-refractivity contribution in [1.82, 2.24) is 15.1 Å². The fraction of sp³-hybridized carbons (Fsp3) is 0.550. The molecule has 1 aliphatic carbocycles. The number of aromatic nitrogens is 2. The zero-order valence-corrected chi connectivity index (χ0v) is 18.6. The number of hydrogen-bond acceptors (Lipinski definition) is 5. The van der Waals surface area contributed by atoms with Crippen LogP contribution in [0.3, 0.4) is 0 Å². The number of methoxy groups -OCH3 is 1. The number of nitrogens with zero attached hydrogens (tertiary/aromatic N) is 2. The Bertz CT molecular complexity index is 872. The van der Waals surface area contributed by atoms with Gasteiger partial charge in [-0.05, 0) is 64.2 Å². The lowest BCUT2D eigenvalue weighted by atomic mass is 10.1. The van der Waals surface area contributed by atoms with Crippen LogP contribution in [0.5, 0.6) is 0 Å². The van der Waals surface area contributed by atoms with E-state index >= 15 is 0 Å². The highest BCUT2D eigenvalue weighted by Crippen LogP contribution is 2.38. The number of esters is 1. The molecule has 0 saturated heterocycles. The number of fused-ring (bicyclic) bond motifs is 1. The molecule has 0 saturated carbocycles. The van der Waals surface area contributed by atoms with E-state index in [4.69, 9.17) is 17.0 Å². The Labute approximate surface area is 175 Å². The maximum atomic E-state index is 12.5. The lowest BCUT2D eigenvalue weighted by Crippen LogP contribution is -2.31. The first-order chi connectivity index (χ1) is 13.4. The van der Waals surface area contributed by atoms with Gasteiger partial charge in [0.1, 0.15) is 5.00 Å². The number of hydrogen-bond donors (Lipinski definition) is 2. The molecule has 6 nitrogen and oxygen atoms in total. The molecule has 0 unspecified atom stereocenters. The maximum absolute atomic E-state index is 12.5. The molecule has 0 fully saturated rings. The Balaban J connectivity index is 1.78. The molecule has 8 heteroatoms. The van der Waals surface area contributed by atoms with Crippen molar-refractivity contribution in [3.63, 3.8) is 0 Å². The average Bonchev–Trinajstić information content (AvgIpc) is 3.12. The molecular weight excluding hydrogens is 392 g/mol. The second kappa shape index (κ2) is 9.05. The summed E-state index contributed by atoms with van der Waals surface area (Å²) < 4.78 is 6.98. The van der Waals surface area contributed by atoms with Crippen LogP contribution in [-0.4, -0.2) is 28.0 Å². The van der Waals surface area contributed by atoms with Crippen molar-refractivity contribution in [2.75, 3.05) is 12.4 Å². The summed E-state index contributed by atoms with van der Waals surface area (Å²) in [5.41, 5.74) is 3.88. The number of ether oxygens (including phenoxy) is 1. The van der Waals surface area contributed by atoms with Gasteiger partial charge in [-0.3, -0.25) is 4.68 Å². The minimum atomic E-state index is -0.294. The van der Waals surface area contributed by atoms with Crippen molar-refractivity contribution in [1.29, 1.82) is 0 Å². The van der Waals surface area contributed by atoms with Crippen LogP contribution in [0.25, 0.3) is 0 Å². The van der Waals surface area contributed by atoms with Crippen molar-refractivity contribution < 1.29 is 9.53 Å². The zero-order chi connectivity index (χ0) is 20.3. The summed E-state index contributed by atoms with van der Waals surface area (Å²) in [5.74, 6) is -0.294. The highest BCUT2D eigenvalue weighted by molar-refractivity contribution is 7.80. The molecule has 28 heavy (non-hydrogen) atoms. The van der Waals surface area contributed by atoms with Gasteiger partial charge < -0.3 is 15.4 Å². The number of nitrogens with one attached hydrogen (secondary N) is 2. The minimum absolute atomic E-state index is 0.0136. The Kier molecular flexibility index (Phi) is 6.72. The molecule has 0 aliphatic heterocycles. The molecule has 2 heterocycles. The predicted molar refractivity (Wildman–Crippen MR) is 117 cm³/mol. The third-order valence-corrected chi connectivity index (χ3v) is 6.59. The second-order valence-corrected chi connectivity index (χ2v) is 8.62. The molecule has 2 aromatic heterocycles. The molecule has 0 amide bonds. The van der Waals surface area contributed by atoms with Gasteiger partial charge in [0.2, 0.25) is 0 Å². The first-order valence-electron chi connectivity index (χ1n) is 9.78. The molecule has 2 aromatic rings. The predicted octanol–water partition coefficient (Wildman–Crippen LogP) is 4.38. The van der Waals surface area contributed by atoms with E-state index in [1.165, 1.54) is 18.4 Å². The van der Waals surface area contributed by atoms with Crippen molar-refractivity contribution in [2.45, 2.75) is 65.5 Å². The number of aryl methyl sites for hydroxylation is 3. The number of rotatable bonds is 5. The van der Waals surface area contributed by atoms with Crippen LogP contribution < -0.4 is 10.6 Å². The largest absolute Gasteiger partial charge is 0.465 e. The standard InChI is InChI=1S/C20H28N4O2S2/c1-5-24-11-15(13(3)23-24)12(2)21-20(27)22-18-17(19(25)26-4)14-9-7-6-8-10-16(14)28-18/h11-12H,5-10H2,1-4H3,(H2,21,22,27)/t12-/m0/s1. The van der Waals surface area contributed by atoms with Gasteiger partial charge in [-0.2, -0.15) is 5.10 Å². The highest BCUT2D eigenvalue weighted by Gasteiger charge is 2.26. The molecule has 0 bridgehead atoms. The molecule has 152 valence electrons. The molecular formula is C20H28N4O2S2. The van der Waals surface area contributed by atoms with E-state index in [-0.39, 0.29) is 12.0 Å². The Hall–Kier alpha value is -1.93. The fourth-order valence-electron chi connectivity index (χ4n) is 3.68. The summed E-state index contributed by atoms with van der Waals surface area (Å²) in [7, 11) is 1.43. The Morgan fingerprint density at radius 3 is 2.82 bits per heavy atom. The van der Waals surface area contributed by atoms with E-state index in [2.05, 4.69) is 29.6 Å². The van der Waals surface area contributed by atoms with Gasteiger partial charge in [0.25, 0.3) is 0 Å². The Morgan fingerprint density at radius 1 is 1.39 bits per heavy atom. The van der Waals surface area contributed by atoms with Crippen molar-refractivity contribution >= 4 is 39.6 Å². The SMILES string of the molecule is CCn1cc([C@H](C)NC(=S)Nc2sc3c(c2C(=O)OC)CCCCC3)c(C)n1. The summed E-state index contributed by atoms with van der Waals surface area (Å²) in [6.45, 7) is 6.96. The van der Waals surface area contributed by atoms with E-state index in [0.29, 0.717) is 10.7 Å². The van der Waals surface area contributed by atoms with E-state index in [9.17, 15) is 4.79 Å². The molecule has 0 spiro atoms.